The maximum atomic E-state index is 14.3. The minimum Gasteiger partial charge on any atom is -0.465 e. The van der Waals surface area contributed by atoms with Crippen molar-refractivity contribution in [1.82, 2.24) is 0 Å². The van der Waals surface area contributed by atoms with Crippen molar-refractivity contribution >= 4 is 51.3 Å². The van der Waals surface area contributed by atoms with Crippen molar-refractivity contribution in [1.29, 1.82) is 0 Å². The van der Waals surface area contributed by atoms with Crippen molar-refractivity contribution in [2.75, 3.05) is 20.3 Å². The Labute approximate surface area is 451 Å². The van der Waals surface area contributed by atoms with Crippen LogP contribution in [-0.4, -0.2) is 108 Å². The fraction of sp³-hybridized carbons (Fsp3) is 0.845. The Kier molecular flexibility index (Phi) is 24.6. The van der Waals surface area contributed by atoms with Gasteiger partial charge in [-0.25, -0.2) is 0 Å². The van der Waals surface area contributed by atoms with Crippen molar-refractivity contribution < 1.29 is 51.0 Å². The zero-order valence-electron chi connectivity index (χ0n) is 51.3. The molecule has 73 heavy (non-hydrogen) atoms. The zero-order valence-corrected chi connectivity index (χ0v) is 55.3. The summed E-state index contributed by atoms with van der Waals surface area (Å²) in [7, 11) is -7.78. The first-order valence-electron chi connectivity index (χ1n) is 27.7. The third-order valence-electron chi connectivity index (χ3n) is 17.3. The second kappa shape index (κ2) is 26.5. The maximum Gasteiger partial charge on any atom is 0.311 e. The molecule has 1 heterocycles. The van der Waals surface area contributed by atoms with Crippen molar-refractivity contribution in [2.24, 2.45) is 17.3 Å². The van der Waals surface area contributed by atoms with Gasteiger partial charge in [-0.1, -0.05) is 120 Å². The van der Waals surface area contributed by atoms with Crippen molar-refractivity contribution in [2.45, 2.75) is 278 Å². The molecule has 11 nitrogen and oxygen atoms in total. The number of carbonyl (C=O) groups excluding carboxylic acids is 3. The highest BCUT2D eigenvalue weighted by Gasteiger charge is 2.54. The molecule has 0 aliphatic carbocycles. The zero-order chi connectivity index (χ0) is 56.5. The molecule has 0 saturated carbocycles. The van der Waals surface area contributed by atoms with Gasteiger partial charge in [0.1, 0.15) is 12.1 Å². The van der Waals surface area contributed by atoms with E-state index in [0.717, 1.165) is 11.8 Å². The maximum absolute atomic E-state index is 14.3. The summed E-state index contributed by atoms with van der Waals surface area (Å²) in [6, 6.07) is 10.1. The van der Waals surface area contributed by atoms with Gasteiger partial charge in [-0.05, 0) is 118 Å². The Morgan fingerprint density at radius 2 is 1.23 bits per heavy atom. The molecule has 1 aromatic rings. The molecule has 0 radical (unpaired) electrons. The lowest BCUT2D eigenvalue weighted by Crippen LogP contribution is -2.59. The number of carbonyl (C=O) groups is 3. The number of aldehydes is 1. The largest absolute Gasteiger partial charge is 0.465 e. The summed E-state index contributed by atoms with van der Waals surface area (Å²) in [5.41, 5.74) is 0.443. The number of methoxy groups -OCH3 is 1. The smallest absolute Gasteiger partial charge is 0.311 e. The topological polar surface area (TPSA) is 125 Å². The van der Waals surface area contributed by atoms with E-state index in [1.165, 1.54) is 0 Å². The summed E-state index contributed by atoms with van der Waals surface area (Å²) in [5.74, 6) is -2.04. The number of hydrogen-bond acceptors (Lipinski definition) is 11. The van der Waals surface area contributed by atoms with Crippen LogP contribution in [0.5, 0.6) is 0 Å². The van der Waals surface area contributed by atoms with E-state index in [1.807, 2.05) is 39.0 Å². The summed E-state index contributed by atoms with van der Waals surface area (Å²) in [5, 5.41) is -0.358. The Hall–Kier alpha value is -1.38. The van der Waals surface area contributed by atoms with Crippen LogP contribution in [0.1, 0.15) is 168 Å². The van der Waals surface area contributed by atoms with Gasteiger partial charge in [0.05, 0.1) is 61.7 Å². The molecular formula is C58H110O11Si4. The van der Waals surface area contributed by atoms with E-state index >= 15 is 0 Å². The summed E-state index contributed by atoms with van der Waals surface area (Å²) < 4.78 is 55.1. The van der Waals surface area contributed by atoms with Gasteiger partial charge in [0, 0.05) is 45.1 Å². The van der Waals surface area contributed by atoms with E-state index in [1.54, 1.807) is 7.11 Å². The highest BCUT2D eigenvalue weighted by atomic mass is 28.4. The van der Waals surface area contributed by atoms with Crippen LogP contribution in [0.4, 0.5) is 0 Å². The molecule has 1 aromatic carbocycles. The Morgan fingerprint density at radius 1 is 0.726 bits per heavy atom. The molecule has 0 amide bonds. The highest BCUT2D eigenvalue weighted by Crippen LogP contribution is 2.47. The molecule has 424 valence electrons. The Morgan fingerprint density at radius 3 is 1.70 bits per heavy atom. The SMILES string of the molecule is CC[C@H](COC(=O)C(C)(C)C)[C@@H](CC(=O)CCC[C@@H](C[C@]1(OC)C[C@H](O[Si](C)(C)C(C)(C)C)[C@@H](C=O)[C@H](C[C@H](COCc2ccccc2)O[Si](C)(C)C(C)(C)C)O1)O[Si](C)(C)C(C)(C)C)O[Si](C)(C)C(C)(C)C. The van der Waals surface area contributed by atoms with Crippen molar-refractivity contribution in [3.63, 3.8) is 0 Å². The van der Waals surface area contributed by atoms with E-state index in [2.05, 4.69) is 155 Å². The van der Waals surface area contributed by atoms with Crippen LogP contribution in [0, 0.1) is 17.3 Å². The molecule has 1 fully saturated rings. The molecule has 0 spiro atoms. The first-order valence-corrected chi connectivity index (χ1v) is 39.3. The molecular weight excluding hydrogens is 985 g/mol. The molecule has 0 aromatic heterocycles. The van der Waals surface area contributed by atoms with E-state index in [4.69, 9.17) is 36.7 Å². The Balaban J connectivity index is 2.65. The first kappa shape index (κ1) is 67.7. The van der Waals surface area contributed by atoms with Gasteiger partial charge in [-0.3, -0.25) is 9.59 Å². The van der Waals surface area contributed by atoms with Gasteiger partial charge in [0.15, 0.2) is 39.1 Å². The van der Waals surface area contributed by atoms with E-state index < -0.39 is 62.6 Å². The van der Waals surface area contributed by atoms with E-state index in [0.29, 0.717) is 58.2 Å². The molecule has 1 aliphatic rings. The number of ketones is 1. The van der Waals surface area contributed by atoms with Gasteiger partial charge in [0.25, 0.3) is 0 Å². The summed E-state index contributed by atoms with van der Waals surface area (Å²) in [6.45, 7) is 53.2. The molecule has 2 rings (SSSR count). The fourth-order valence-electron chi connectivity index (χ4n) is 8.12. The van der Waals surface area contributed by atoms with Crippen LogP contribution in [-0.2, 0) is 57.6 Å². The van der Waals surface area contributed by atoms with Crippen LogP contribution in [0.15, 0.2) is 30.3 Å². The van der Waals surface area contributed by atoms with Crippen LogP contribution in [0.3, 0.4) is 0 Å². The van der Waals surface area contributed by atoms with Crippen molar-refractivity contribution in [3.8, 4) is 0 Å². The average Bonchev–Trinajstić information content (AvgIpc) is 3.21. The number of hydrogen-bond donors (Lipinski definition) is 0. The minimum absolute atomic E-state index is 0.0700. The van der Waals surface area contributed by atoms with Crippen LogP contribution in [0.2, 0.25) is 72.5 Å². The van der Waals surface area contributed by atoms with Crippen LogP contribution >= 0.6 is 0 Å². The van der Waals surface area contributed by atoms with Crippen molar-refractivity contribution in [3.05, 3.63) is 35.9 Å². The lowest BCUT2D eigenvalue weighted by molar-refractivity contribution is -0.306. The lowest BCUT2D eigenvalue weighted by Gasteiger charge is -2.51. The predicted octanol–water partition coefficient (Wildman–Crippen LogP) is 15.2. The summed E-state index contributed by atoms with van der Waals surface area (Å²) in [4.78, 5) is 40.8. The number of ether oxygens (including phenoxy) is 4. The third kappa shape index (κ3) is 20.4. The summed E-state index contributed by atoms with van der Waals surface area (Å²) >= 11 is 0. The number of rotatable bonds is 28. The summed E-state index contributed by atoms with van der Waals surface area (Å²) in [6.07, 6.45) is 2.46. The molecule has 8 atom stereocenters. The van der Waals surface area contributed by atoms with Gasteiger partial charge in [-0.15, -0.1) is 0 Å². The molecule has 1 aliphatic heterocycles. The third-order valence-corrected chi connectivity index (χ3v) is 35.3. The standard InChI is InChI=1S/C58H110O11Si4/c1-26-44(41-64-52(61)53(2,3)4)49(68-72(22,23)56(11,12)13)35-45(60)33-30-34-46(66-70(18,19)54(5,6)7)37-58(62-17)38-51(69-73(24,25)57(14,15)16)48(39-59)50(65-58)36-47(67-71(20,21)55(8,9)10)42-63-40-43-31-28-27-29-32-43/h27-29,31-32,39,44,46-51H,26,30,33-38,40-42H2,1-25H3/t44-,46+,47-,48+,49-,50+,51+,58-/m1/s1. The minimum atomic E-state index is -2.44. The van der Waals surface area contributed by atoms with Gasteiger partial charge < -0.3 is 41.4 Å². The van der Waals surface area contributed by atoms with Gasteiger partial charge in [-0.2, -0.15) is 0 Å². The van der Waals surface area contributed by atoms with Crippen LogP contribution < -0.4 is 0 Å². The quantitative estimate of drug-likeness (QED) is 0.0452. The van der Waals surface area contributed by atoms with E-state index in [-0.39, 0.29) is 69.2 Å². The lowest BCUT2D eigenvalue weighted by atomic mass is 9.83. The predicted molar refractivity (Wildman–Crippen MR) is 310 cm³/mol. The second-order valence-corrected chi connectivity index (χ2v) is 47.6. The molecule has 0 N–H and O–H groups in total. The molecule has 15 heteroatoms. The molecule has 0 unspecified atom stereocenters. The van der Waals surface area contributed by atoms with Gasteiger partial charge in [0.2, 0.25) is 0 Å². The monoisotopic (exact) mass is 1090 g/mol. The number of Topliss-reactive ketones (excluding diaryl/α,β-unsaturated/α-hetero) is 1. The Bertz CT molecular complexity index is 1850. The van der Waals surface area contributed by atoms with Crippen LogP contribution in [0.25, 0.3) is 0 Å². The normalized spacial score (nSPS) is 21.8. The first-order chi connectivity index (χ1) is 33.0. The second-order valence-electron chi connectivity index (χ2n) is 28.6. The fourth-order valence-corrected chi connectivity index (χ4v) is 13.6. The number of benzene rings is 1. The number of esters is 1. The highest BCUT2D eigenvalue weighted by molar-refractivity contribution is 6.75. The van der Waals surface area contributed by atoms with Gasteiger partial charge >= 0.3 is 5.97 Å². The average molecular weight is 1100 g/mol. The van der Waals surface area contributed by atoms with E-state index in [9.17, 15) is 14.4 Å². The molecule has 0 bridgehead atoms. The molecule has 1 saturated heterocycles.